The van der Waals surface area contributed by atoms with E-state index in [-0.39, 0.29) is 0 Å². The van der Waals surface area contributed by atoms with Gasteiger partial charge in [-0.25, -0.2) is 0 Å². The van der Waals surface area contributed by atoms with E-state index in [1.807, 2.05) is 6.08 Å². The summed E-state index contributed by atoms with van der Waals surface area (Å²) >= 11 is 0. The van der Waals surface area contributed by atoms with Crippen LogP contribution in [0.25, 0.3) is 6.08 Å². The Hall–Kier alpha value is -1.08. The van der Waals surface area contributed by atoms with Crippen molar-refractivity contribution in [2.24, 2.45) is 0 Å². The second kappa shape index (κ2) is 13.2. The molecule has 0 N–H and O–H groups in total. The predicted molar refractivity (Wildman–Crippen MR) is 114 cm³/mol. The van der Waals surface area contributed by atoms with E-state index in [1.54, 1.807) is 0 Å². The number of nitrogens with zero attached hydrogens (tertiary/aromatic N) is 1. The molecule has 0 aromatic heterocycles. The Bertz CT molecular complexity index is 438. The van der Waals surface area contributed by atoms with E-state index in [4.69, 9.17) is 0 Å². The lowest BCUT2D eigenvalue weighted by Gasteiger charge is -2.23. The van der Waals surface area contributed by atoms with Gasteiger partial charge in [0.2, 0.25) is 0 Å². The predicted octanol–water partition coefficient (Wildman–Crippen LogP) is 6.87. The second-order valence-corrected chi connectivity index (χ2v) is 8.60. The number of quaternary nitrogens is 1. The molecule has 0 saturated carbocycles. The Balaban J connectivity index is 1.83. The summed E-state index contributed by atoms with van der Waals surface area (Å²) in [6.45, 7) is 5.12. The largest absolute Gasteiger partial charge is 0.331 e. The molecular formula is C24H42N+. The molecule has 0 radical (unpaired) electrons. The van der Waals surface area contributed by atoms with Gasteiger partial charge in [-0.1, -0.05) is 88.3 Å². The van der Waals surface area contributed by atoms with Gasteiger partial charge >= 0.3 is 0 Å². The van der Waals surface area contributed by atoms with Gasteiger partial charge in [0, 0.05) is 0 Å². The van der Waals surface area contributed by atoms with Crippen LogP contribution in [-0.4, -0.2) is 32.2 Å². The summed E-state index contributed by atoms with van der Waals surface area (Å²) in [6.07, 6.45) is 18.7. The van der Waals surface area contributed by atoms with Gasteiger partial charge in [0.1, 0.15) is 0 Å². The Morgan fingerprint density at radius 3 is 1.56 bits per heavy atom. The zero-order chi connectivity index (χ0) is 18.4. The molecule has 1 heteroatoms. The molecular weight excluding hydrogens is 302 g/mol. The lowest BCUT2D eigenvalue weighted by atomic mass is 10.0. The number of hydrogen-bond donors (Lipinski definition) is 0. The molecule has 1 nitrogen and oxygen atoms in total. The fourth-order valence-corrected chi connectivity index (χ4v) is 3.33. The number of unbranched alkanes of at least 4 members (excludes halogenated alkanes) is 10. The van der Waals surface area contributed by atoms with Crippen LogP contribution in [-0.2, 0) is 6.42 Å². The monoisotopic (exact) mass is 344 g/mol. The van der Waals surface area contributed by atoms with Crippen molar-refractivity contribution in [1.29, 1.82) is 0 Å². The summed E-state index contributed by atoms with van der Waals surface area (Å²) in [4.78, 5) is 0. The molecule has 0 aliphatic rings. The van der Waals surface area contributed by atoms with E-state index in [0.717, 1.165) is 4.48 Å². The van der Waals surface area contributed by atoms with Crippen molar-refractivity contribution in [2.45, 2.75) is 77.0 Å². The van der Waals surface area contributed by atoms with Crippen molar-refractivity contribution in [3.63, 3.8) is 0 Å². The Morgan fingerprint density at radius 1 is 0.680 bits per heavy atom. The maximum Gasteiger partial charge on any atom is 0.0780 e. The quantitative estimate of drug-likeness (QED) is 0.240. The maximum atomic E-state index is 3.80. The van der Waals surface area contributed by atoms with E-state index in [0.29, 0.717) is 0 Å². The summed E-state index contributed by atoms with van der Waals surface area (Å²) in [5.74, 6) is 0. The Morgan fingerprint density at radius 2 is 1.12 bits per heavy atom. The van der Waals surface area contributed by atoms with Crippen molar-refractivity contribution in [1.82, 2.24) is 0 Å². The number of aryl methyl sites for hydroxylation is 1. The highest BCUT2D eigenvalue weighted by Gasteiger charge is 2.04. The first-order chi connectivity index (χ1) is 12.0. The lowest BCUT2D eigenvalue weighted by Crippen LogP contribution is -2.35. The van der Waals surface area contributed by atoms with Crippen LogP contribution in [0.15, 0.2) is 30.8 Å². The molecule has 0 aliphatic heterocycles. The van der Waals surface area contributed by atoms with Crippen LogP contribution >= 0.6 is 0 Å². The molecule has 0 heterocycles. The molecule has 1 aromatic rings. The molecule has 25 heavy (non-hydrogen) atoms. The molecule has 0 saturated heterocycles. The van der Waals surface area contributed by atoms with Crippen molar-refractivity contribution in [2.75, 3.05) is 27.7 Å². The third kappa shape index (κ3) is 12.9. The Kier molecular flexibility index (Phi) is 11.6. The van der Waals surface area contributed by atoms with Gasteiger partial charge in [0.05, 0.1) is 27.7 Å². The molecule has 142 valence electrons. The highest BCUT2D eigenvalue weighted by Crippen LogP contribution is 2.14. The SMILES string of the molecule is C=Cc1ccc(CCCCCCCCCCCCC[N+](C)(C)C)cc1. The van der Waals surface area contributed by atoms with E-state index in [9.17, 15) is 0 Å². The van der Waals surface area contributed by atoms with Crippen LogP contribution in [0.4, 0.5) is 0 Å². The number of hydrogen-bond acceptors (Lipinski definition) is 0. The highest BCUT2D eigenvalue weighted by atomic mass is 15.3. The zero-order valence-corrected chi connectivity index (χ0v) is 17.2. The fourth-order valence-electron chi connectivity index (χ4n) is 3.33. The van der Waals surface area contributed by atoms with E-state index in [2.05, 4.69) is 52.0 Å². The average Bonchev–Trinajstić information content (AvgIpc) is 2.58. The smallest absolute Gasteiger partial charge is 0.0780 e. The molecule has 0 amide bonds. The molecule has 0 spiro atoms. The second-order valence-electron chi connectivity index (χ2n) is 8.60. The van der Waals surface area contributed by atoms with E-state index < -0.39 is 0 Å². The Labute approximate surface area is 157 Å². The molecule has 1 rings (SSSR count). The minimum absolute atomic E-state index is 1.11. The van der Waals surface area contributed by atoms with Crippen molar-refractivity contribution < 1.29 is 4.48 Å². The molecule has 1 aromatic carbocycles. The van der Waals surface area contributed by atoms with Crippen LogP contribution in [0.2, 0.25) is 0 Å². The first-order valence-electron chi connectivity index (χ1n) is 10.5. The average molecular weight is 345 g/mol. The third-order valence-corrected chi connectivity index (χ3v) is 5.01. The number of benzene rings is 1. The van der Waals surface area contributed by atoms with Crippen molar-refractivity contribution in [3.8, 4) is 0 Å². The van der Waals surface area contributed by atoms with Crippen molar-refractivity contribution in [3.05, 3.63) is 42.0 Å². The summed E-state index contributed by atoms with van der Waals surface area (Å²) in [7, 11) is 6.87. The van der Waals surface area contributed by atoms with Crippen molar-refractivity contribution >= 4 is 6.08 Å². The molecule has 0 fully saturated rings. The summed E-state index contributed by atoms with van der Waals surface area (Å²) in [5, 5.41) is 0. The summed E-state index contributed by atoms with van der Waals surface area (Å²) < 4.78 is 1.11. The standard InChI is InChI=1S/C24H42N/c1-5-23-18-20-24(21-19-23)17-15-13-11-9-7-6-8-10-12-14-16-22-25(2,3)4/h5,18-21H,1,6-17,22H2,2-4H3/q+1. The van der Waals surface area contributed by atoms with Gasteiger partial charge < -0.3 is 4.48 Å². The van der Waals surface area contributed by atoms with Gasteiger partial charge in [0.25, 0.3) is 0 Å². The van der Waals surface area contributed by atoms with Gasteiger partial charge in [0.15, 0.2) is 0 Å². The maximum absolute atomic E-state index is 3.80. The highest BCUT2D eigenvalue weighted by molar-refractivity contribution is 5.47. The first kappa shape index (κ1) is 22.0. The molecule has 0 atom stereocenters. The van der Waals surface area contributed by atoms with E-state index in [1.165, 1.54) is 94.7 Å². The molecule has 0 aliphatic carbocycles. The molecule has 0 unspecified atom stereocenters. The van der Waals surface area contributed by atoms with Crippen LogP contribution < -0.4 is 0 Å². The fraction of sp³-hybridized carbons (Fsp3) is 0.667. The minimum Gasteiger partial charge on any atom is -0.331 e. The van der Waals surface area contributed by atoms with Crippen LogP contribution in [0, 0.1) is 0 Å². The molecule has 0 bridgehead atoms. The van der Waals surface area contributed by atoms with Gasteiger partial charge in [-0.2, -0.15) is 0 Å². The van der Waals surface area contributed by atoms with Gasteiger partial charge in [-0.3, -0.25) is 0 Å². The minimum atomic E-state index is 1.11. The van der Waals surface area contributed by atoms with Crippen LogP contribution in [0.1, 0.15) is 81.8 Å². The normalized spacial score (nSPS) is 11.6. The summed E-state index contributed by atoms with van der Waals surface area (Å²) in [5.41, 5.74) is 2.69. The zero-order valence-electron chi connectivity index (χ0n) is 17.2. The van der Waals surface area contributed by atoms with Crippen LogP contribution in [0.3, 0.4) is 0 Å². The topological polar surface area (TPSA) is 0 Å². The van der Waals surface area contributed by atoms with Crippen LogP contribution in [0.5, 0.6) is 0 Å². The third-order valence-electron chi connectivity index (χ3n) is 5.01. The number of rotatable bonds is 15. The van der Waals surface area contributed by atoms with E-state index >= 15 is 0 Å². The van der Waals surface area contributed by atoms with Gasteiger partial charge in [-0.05, 0) is 36.8 Å². The summed E-state index contributed by atoms with van der Waals surface area (Å²) in [6, 6.07) is 8.84. The lowest BCUT2D eigenvalue weighted by molar-refractivity contribution is -0.870. The van der Waals surface area contributed by atoms with Gasteiger partial charge in [-0.15, -0.1) is 0 Å². The first-order valence-corrected chi connectivity index (χ1v) is 10.5.